The molecule has 0 aliphatic carbocycles. The van der Waals surface area contributed by atoms with E-state index in [2.05, 4.69) is 6.58 Å². The zero-order valence-electron chi connectivity index (χ0n) is 16.1. The van der Waals surface area contributed by atoms with Crippen LogP contribution in [0.4, 0.5) is 0 Å². The number of hydrogen-bond donors (Lipinski definition) is 1. The van der Waals surface area contributed by atoms with Crippen LogP contribution in [0.15, 0.2) is 12.7 Å². The predicted molar refractivity (Wildman–Crippen MR) is 98.2 cm³/mol. The molecule has 9 heteroatoms. The molecule has 0 aromatic heterocycles. The zero-order valence-corrected chi connectivity index (χ0v) is 16.1. The van der Waals surface area contributed by atoms with E-state index in [1.807, 2.05) is 0 Å². The van der Waals surface area contributed by atoms with Crippen molar-refractivity contribution in [2.24, 2.45) is 0 Å². The van der Waals surface area contributed by atoms with Gasteiger partial charge in [0, 0.05) is 0 Å². The topological polar surface area (TPSA) is 102 Å². The van der Waals surface area contributed by atoms with Crippen molar-refractivity contribution in [2.75, 3.05) is 92.5 Å². The highest BCUT2D eigenvalue weighted by Gasteiger charge is 1.96. The van der Waals surface area contributed by atoms with Gasteiger partial charge < -0.3 is 38.3 Å². The van der Waals surface area contributed by atoms with Gasteiger partial charge in [-0.3, -0.25) is 4.79 Å². The Morgan fingerprint density at radius 1 is 0.593 bits per heavy atom. The molecule has 160 valence electrons. The predicted octanol–water partition coefficient (Wildman–Crippen LogP) is 0.763. The van der Waals surface area contributed by atoms with Crippen LogP contribution in [-0.2, 0) is 38.0 Å². The molecule has 0 rings (SSSR count). The lowest BCUT2D eigenvalue weighted by Crippen LogP contribution is -2.14. The lowest BCUT2D eigenvalue weighted by molar-refractivity contribution is -0.138. The molecule has 0 aliphatic heterocycles. The third-order valence-corrected chi connectivity index (χ3v) is 2.93. The van der Waals surface area contributed by atoms with Gasteiger partial charge in [0.1, 0.15) is 0 Å². The summed E-state index contributed by atoms with van der Waals surface area (Å²) in [6, 6.07) is 0. The fraction of sp³-hybridized carbons (Fsp3) is 0.833. The summed E-state index contributed by atoms with van der Waals surface area (Å²) < 4.78 is 36.9. The first-order valence-electron chi connectivity index (χ1n) is 9.14. The van der Waals surface area contributed by atoms with Gasteiger partial charge in [0.25, 0.3) is 0 Å². The van der Waals surface area contributed by atoms with Gasteiger partial charge in [0.2, 0.25) is 0 Å². The van der Waals surface area contributed by atoms with E-state index in [9.17, 15) is 4.79 Å². The molecule has 9 nitrogen and oxygen atoms in total. The molecule has 0 fully saturated rings. The van der Waals surface area contributed by atoms with Crippen LogP contribution in [0.2, 0.25) is 0 Å². The van der Waals surface area contributed by atoms with Crippen LogP contribution >= 0.6 is 0 Å². The highest BCUT2D eigenvalue weighted by atomic mass is 16.6. The maximum Gasteiger partial charge on any atom is 0.305 e. The molecular formula is C18H34O9. The monoisotopic (exact) mass is 394 g/mol. The summed E-state index contributed by atoms with van der Waals surface area (Å²) in [7, 11) is 0. The second-order valence-corrected chi connectivity index (χ2v) is 5.18. The van der Waals surface area contributed by atoms with E-state index in [1.54, 1.807) is 6.08 Å². The van der Waals surface area contributed by atoms with E-state index < -0.39 is 5.97 Å². The molecule has 0 amide bonds. The summed E-state index contributed by atoms with van der Waals surface area (Å²) in [5, 5.41) is 8.42. The Kier molecular flexibility index (Phi) is 22.1. The van der Waals surface area contributed by atoms with Crippen LogP contribution < -0.4 is 0 Å². The minimum atomic E-state index is -0.867. The molecule has 1 N–H and O–H groups in total. The summed E-state index contributed by atoms with van der Waals surface area (Å²) >= 11 is 0. The molecular weight excluding hydrogens is 360 g/mol. The number of aliphatic carboxylic acids is 1. The van der Waals surface area contributed by atoms with E-state index in [0.717, 1.165) is 0 Å². The molecule has 0 radical (unpaired) electrons. The standard InChI is InChI=1S/C18H34O9/c1-2-4-21-6-8-23-10-12-25-14-16-27-17-15-26-13-11-24-9-7-22-5-3-18(19)20/h2H,1,3-17H2,(H,19,20). The van der Waals surface area contributed by atoms with Gasteiger partial charge in [-0.25, -0.2) is 0 Å². The van der Waals surface area contributed by atoms with Crippen LogP contribution in [0.3, 0.4) is 0 Å². The molecule has 0 aromatic rings. The largest absolute Gasteiger partial charge is 0.481 e. The summed E-state index contributed by atoms with van der Waals surface area (Å²) in [5.41, 5.74) is 0. The Balaban J connectivity index is 2.99. The third-order valence-electron chi connectivity index (χ3n) is 2.93. The second kappa shape index (κ2) is 23.0. The summed E-state index contributed by atoms with van der Waals surface area (Å²) in [5.74, 6) is -0.867. The van der Waals surface area contributed by atoms with Crippen LogP contribution in [0.25, 0.3) is 0 Å². The molecule has 0 atom stereocenters. The first-order chi connectivity index (χ1) is 13.3. The second-order valence-electron chi connectivity index (χ2n) is 5.18. The van der Waals surface area contributed by atoms with Gasteiger partial charge in [-0.05, 0) is 0 Å². The molecule has 0 heterocycles. The molecule has 0 unspecified atom stereocenters. The van der Waals surface area contributed by atoms with Crippen molar-refractivity contribution in [3.8, 4) is 0 Å². The van der Waals surface area contributed by atoms with E-state index in [4.69, 9.17) is 38.3 Å². The maximum atomic E-state index is 10.3. The van der Waals surface area contributed by atoms with E-state index in [1.165, 1.54) is 0 Å². The van der Waals surface area contributed by atoms with Crippen LogP contribution in [0.5, 0.6) is 0 Å². The van der Waals surface area contributed by atoms with Gasteiger partial charge in [-0.1, -0.05) is 6.08 Å². The van der Waals surface area contributed by atoms with Gasteiger partial charge in [-0.15, -0.1) is 6.58 Å². The van der Waals surface area contributed by atoms with E-state index in [0.29, 0.717) is 85.9 Å². The number of carbonyl (C=O) groups is 1. The molecule has 0 saturated carbocycles. The average Bonchev–Trinajstić information content (AvgIpc) is 2.65. The fourth-order valence-corrected chi connectivity index (χ4v) is 1.65. The van der Waals surface area contributed by atoms with Gasteiger partial charge in [-0.2, -0.15) is 0 Å². The van der Waals surface area contributed by atoms with Gasteiger partial charge >= 0.3 is 5.97 Å². The highest BCUT2D eigenvalue weighted by molar-refractivity contribution is 5.66. The lowest BCUT2D eigenvalue weighted by Gasteiger charge is -2.08. The summed E-state index contributed by atoms with van der Waals surface area (Å²) in [4.78, 5) is 10.3. The van der Waals surface area contributed by atoms with Crippen molar-refractivity contribution in [2.45, 2.75) is 6.42 Å². The Morgan fingerprint density at radius 2 is 0.889 bits per heavy atom. The Labute approximate surface area is 161 Å². The Bertz CT molecular complexity index is 326. The van der Waals surface area contributed by atoms with Crippen molar-refractivity contribution in [3.05, 3.63) is 12.7 Å². The normalized spacial score (nSPS) is 11.0. The quantitative estimate of drug-likeness (QED) is 0.199. The van der Waals surface area contributed by atoms with Crippen LogP contribution in [-0.4, -0.2) is 104 Å². The Morgan fingerprint density at radius 3 is 1.19 bits per heavy atom. The van der Waals surface area contributed by atoms with Crippen LogP contribution in [0, 0.1) is 0 Å². The number of carboxylic acids is 1. The minimum Gasteiger partial charge on any atom is -0.481 e. The van der Waals surface area contributed by atoms with Crippen molar-refractivity contribution >= 4 is 5.97 Å². The van der Waals surface area contributed by atoms with E-state index >= 15 is 0 Å². The molecule has 0 saturated heterocycles. The zero-order chi connectivity index (χ0) is 19.8. The van der Waals surface area contributed by atoms with Crippen molar-refractivity contribution in [1.29, 1.82) is 0 Å². The van der Waals surface area contributed by atoms with Crippen molar-refractivity contribution in [1.82, 2.24) is 0 Å². The smallest absolute Gasteiger partial charge is 0.305 e. The molecule has 27 heavy (non-hydrogen) atoms. The minimum absolute atomic E-state index is 0.00772. The number of rotatable bonds is 23. The molecule has 0 bridgehead atoms. The maximum absolute atomic E-state index is 10.3. The van der Waals surface area contributed by atoms with Gasteiger partial charge in [0.15, 0.2) is 0 Å². The molecule has 0 aliphatic rings. The lowest BCUT2D eigenvalue weighted by atomic mass is 10.5. The molecule has 0 spiro atoms. The summed E-state index contributed by atoms with van der Waals surface area (Å²) in [6.07, 6.45) is 1.71. The summed E-state index contributed by atoms with van der Waals surface area (Å²) in [6.45, 7) is 10.2. The average molecular weight is 394 g/mol. The van der Waals surface area contributed by atoms with Crippen molar-refractivity contribution in [3.63, 3.8) is 0 Å². The third kappa shape index (κ3) is 24.9. The number of ether oxygens (including phenoxy) is 7. The van der Waals surface area contributed by atoms with Crippen LogP contribution in [0.1, 0.15) is 6.42 Å². The van der Waals surface area contributed by atoms with Crippen molar-refractivity contribution < 1.29 is 43.1 Å². The SMILES string of the molecule is C=CCOCCOCCOCCOCCOCCOCCOCCC(=O)O. The number of carboxylic acid groups (broad SMARTS) is 1. The van der Waals surface area contributed by atoms with Gasteiger partial charge in [0.05, 0.1) is 98.9 Å². The molecule has 0 aromatic carbocycles. The highest BCUT2D eigenvalue weighted by Crippen LogP contribution is 1.86. The number of hydrogen-bond acceptors (Lipinski definition) is 8. The fourth-order valence-electron chi connectivity index (χ4n) is 1.65. The Hall–Kier alpha value is -1.07. The van der Waals surface area contributed by atoms with E-state index in [-0.39, 0.29) is 13.0 Å². The first kappa shape index (κ1) is 25.9. The first-order valence-corrected chi connectivity index (χ1v) is 9.14.